The minimum atomic E-state index is -0.768. The summed E-state index contributed by atoms with van der Waals surface area (Å²) in [6, 6.07) is 5.84. The van der Waals surface area contributed by atoms with Gasteiger partial charge in [-0.2, -0.15) is 4.98 Å². The fourth-order valence-electron chi connectivity index (χ4n) is 2.40. The topological polar surface area (TPSA) is 79.5 Å². The van der Waals surface area contributed by atoms with Crippen molar-refractivity contribution in [2.45, 2.75) is 13.0 Å². The molecule has 1 fully saturated rings. The highest BCUT2D eigenvalue weighted by molar-refractivity contribution is 5.85. The van der Waals surface area contributed by atoms with Crippen LogP contribution >= 0.6 is 12.4 Å². The van der Waals surface area contributed by atoms with Crippen LogP contribution in [0.2, 0.25) is 0 Å². The minimum Gasteiger partial charge on any atom is -0.481 e. The molecule has 1 aliphatic rings. The molecule has 2 aromatic rings. The van der Waals surface area contributed by atoms with Crippen LogP contribution in [-0.2, 0) is 11.3 Å². The van der Waals surface area contributed by atoms with Gasteiger partial charge < -0.3 is 9.63 Å². The Labute approximate surface area is 132 Å². The van der Waals surface area contributed by atoms with Crippen LogP contribution < -0.4 is 0 Å². The van der Waals surface area contributed by atoms with E-state index >= 15 is 0 Å². The molecule has 0 bridgehead atoms. The van der Waals surface area contributed by atoms with Crippen molar-refractivity contribution in [3.63, 3.8) is 0 Å². The van der Waals surface area contributed by atoms with Gasteiger partial charge in [0.15, 0.2) is 0 Å². The van der Waals surface area contributed by atoms with Crippen molar-refractivity contribution >= 4 is 18.4 Å². The van der Waals surface area contributed by atoms with E-state index in [0.29, 0.717) is 43.3 Å². The fourth-order valence-corrected chi connectivity index (χ4v) is 2.40. The van der Waals surface area contributed by atoms with Crippen LogP contribution in [0.5, 0.6) is 0 Å². The van der Waals surface area contributed by atoms with Crippen LogP contribution in [-0.4, -0.2) is 39.2 Å². The summed E-state index contributed by atoms with van der Waals surface area (Å²) in [5, 5.41) is 12.8. The van der Waals surface area contributed by atoms with Gasteiger partial charge in [0.25, 0.3) is 0 Å². The van der Waals surface area contributed by atoms with E-state index in [9.17, 15) is 9.18 Å². The van der Waals surface area contributed by atoms with Crippen LogP contribution in [0.1, 0.15) is 12.3 Å². The monoisotopic (exact) mass is 327 g/mol. The van der Waals surface area contributed by atoms with Crippen molar-refractivity contribution in [1.29, 1.82) is 0 Å². The summed E-state index contributed by atoms with van der Waals surface area (Å²) in [5.41, 5.74) is 0.677. The average molecular weight is 328 g/mol. The zero-order chi connectivity index (χ0) is 14.8. The predicted octanol–water partition coefficient (Wildman–Crippen LogP) is 2.20. The summed E-state index contributed by atoms with van der Waals surface area (Å²) < 4.78 is 18.0. The van der Waals surface area contributed by atoms with Crippen molar-refractivity contribution in [3.05, 3.63) is 36.0 Å². The highest BCUT2D eigenvalue weighted by atomic mass is 35.5. The van der Waals surface area contributed by atoms with E-state index < -0.39 is 5.97 Å². The van der Waals surface area contributed by atoms with Gasteiger partial charge in [-0.1, -0.05) is 5.16 Å². The van der Waals surface area contributed by atoms with Crippen molar-refractivity contribution in [3.8, 4) is 11.4 Å². The Hall–Kier alpha value is -1.99. The quantitative estimate of drug-likeness (QED) is 0.927. The molecular formula is C14H15ClFN3O3. The Balaban J connectivity index is 0.00000176. The smallest absolute Gasteiger partial charge is 0.307 e. The molecule has 6 nitrogen and oxygen atoms in total. The molecule has 1 aliphatic heterocycles. The second-order valence-electron chi connectivity index (χ2n) is 5.08. The number of hydrogen-bond acceptors (Lipinski definition) is 5. The Morgan fingerprint density at radius 3 is 2.77 bits per heavy atom. The molecule has 0 radical (unpaired) electrons. The van der Waals surface area contributed by atoms with Gasteiger partial charge in [-0.15, -0.1) is 12.4 Å². The average Bonchev–Trinajstić information content (AvgIpc) is 3.10. The van der Waals surface area contributed by atoms with E-state index in [-0.39, 0.29) is 24.1 Å². The lowest BCUT2D eigenvalue weighted by atomic mass is 10.1. The summed E-state index contributed by atoms with van der Waals surface area (Å²) in [4.78, 5) is 17.1. The maximum absolute atomic E-state index is 12.9. The molecule has 0 amide bonds. The summed E-state index contributed by atoms with van der Waals surface area (Å²) in [6.45, 7) is 1.62. The first kappa shape index (κ1) is 16.4. The molecule has 1 N–H and O–H groups in total. The van der Waals surface area contributed by atoms with E-state index in [1.54, 1.807) is 12.1 Å². The third kappa shape index (κ3) is 3.61. The molecule has 2 heterocycles. The first-order chi connectivity index (χ1) is 10.1. The van der Waals surface area contributed by atoms with Gasteiger partial charge in [0.05, 0.1) is 12.5 Å². The number of carboxylic acid groups (broad SMARTS) is 1. The van der Waals surface area contributed by atoms with Crippen molar-refractivity contribution < 1.29 is 18.8 Å². The van der Waals surface area contributed by atoms with E-state index in [1.807, 2.05) is 4.90 Å². The minimum absolute atomic E-state index is 0. The van der Waals surface area contributed by atoms with E-state index in [0.717, 1.165) is 0 Å². The molecule has 0 aliphatic carbocycles. The second kappa shape index (κ2) is 6.85. The lowest BCUT2D eigenvalue weighted by molar-refractivity contribution is -0.141. The number of carboxylic acids is 1. The summed E-state index contributed by atoms with van der Waals surface area (Å²) in [5.74, 6) is -0.585. The lowest BCUT2D eigenvalue weighted by Crippen LogP contribution is -2.22. The fraction of sp³-hybridized carbons (Fsp3) is 0.357. The van der Waals surface area contributed by atoms with Gasteiger partial charge in [0.2, 0.25) is 11.7 Å². The summed E-state index contributed by atoms with van der Waals surface area (Å²) in [7, 11) is 0. The number of halogens is 2. The molecule has 8 heteroatoms. The van der Waals surface area contributed by atoms with E-state index in [1.165, 1.54) is 12.1 Å². The molecule has 1 aromatic heterocycles. The molecule has 1 aromatic carbocycles. The number of likely N-dealkylation sites (tertiary alicyclic amines) is 1. The standard InChI is InChI=1S/C14H14FN3O3.ClH/c15-11-3-1-9(2-4-11)13-16-12(21-17-13)8-18-6-5-10(7-18)14(19)20;/h1-4,10H,5-8H2,(H,19,20);1H. The van der Waals surface area contributed by atoms with Gasteiger partial charge in [-0.05, 0) is 37.2 Å². The molecule has 1 atom stereocenters. The second-order valence-corrected chi connectivity index (χ2v) is 5.08. The predicted molar refractivity (Wildman–Crippen MR) is 78.0 cm³/mol. The van der Waals surface area contributed by atoms with E-state index in [2.05, 4.69) is 10.1 Å². The molecule has 1 unspecified atom stereocenters. The van der Waals surface area contributed by atoms with Gasteiger partial charge in [0, 0.05) is 12.1 Å². The Morgan fingerprint density at radius 2 is 2.14 bits per heavy atom. The van der Waals surface area contributed by atoms with Crippen LogP contribution in [0, 0.1) is 11.7 Å². The molecule has 0 saturated carbocycles. The van der Waals surface area contributed by atoms with Crippen molar-refractivity contribution in [1.82, 2.24) is 15.0 Å². The Morgan fingerprint density at radius 1 is 1.41 bits per heavy atom. The highest BCUT2D eigenvalue weighted by Gasteiger charge is 2.28. The SMILES string of the molecule is Cl.O=C(O)C1CCN(Cc2nc(-c3ccc(F)cc3)no2)C1. The third-order valence-corrected chi connectivity index (χ3v) is 3.55. The van der Waals surface area contributed by atoms with Gasteiger partial charge >= 0.3 is 5.97 Å². The van der Waals surface area contributed by atoms with Gasteiger partial charge in [-0.3, -0.25) is 9.69 Å². The molecule has 0 spiro atoms. The van der Waals surface area contributed by atoms with Crippen LogP contribution in [0.4, 0.5) is 4.39 Å². The summed E-state index contributed by atoms with van der Waals surface area (Å²) in [6.07, 6.45) is 0.633. The largest absolute Gasteiger partial charge is 0.481 e. The normalized spacial score (nSPS) is 18.1. The molecule has 118 valence electrons. The number of hydrogen-bond donors (Lipinski definition) is 1. The maximum Gasteiger partial charge on any atom is 0.307 e. The maximum atomic E-state index is 12.9. The first-order valence-corrected chi connectivity index (χ1v) is 6.65. The third-order valence-electron chi connectivity index (χ3n) is 3.55. The zero-order valence-electron chi connectivity index (χ0n) is 11.6. The van der Waals surface area contributed by atoms with Gasteiger partial charge in [-0.25, -0.2) is 4.39 Å². The number of rotatable bonds is 4. The Kier molecular flexibility index (Phi) is 5.10. The molecule has 1 saturated heterocycles. The summed E-state index contributed by atoms with van der Waals surface area (Å²) >= 11 is 0. The van der Waals surface area contributed by atoms with Crippen molar-refractivity contribution in [2.24, 2.45) is 5.92 Å². The van der Waals surface area contributed by atoms with Crippen LogP contribution in [0.3, 0.4) is 0 Å². The van der Waals surface area contributed by atoms with Crippen molar-refractivity contribution in [2.75, 3.05) is 13.1 Å². The number of nitrogens with zero attached hydrogens (tertiary/aromatic N) is 3. The zero-order valence-corrected chi connectivity index (χ0v) is 12.4. The Bertz CT molecular complexity index is 647. The highest BCUT2D eigenvalue weighted by Crippen LogP contribution is 2.20. The molecular weight excluding hydrogens is 313 g/mol. The van der Waals surface area contributed by atoms with Crippen LogP contribution in [0.25, 0.3) is 11.4 Å². The van der Waals surface area contributed by atoms with Gasteiger partial charge in [0.1, 0.15) is 5.82 Å². The first-order valence-electron chi connectivity index (χ1n) is 6.65. The number of carbonyl (C=O) groups is 1. The number of aliphatic carboxylic acids is 1. The number of benzene rings is 1. The van der Waals surface area contributed by atoms with E-state index in [4.69, 9.17) is 9.63 Å². The molecule has 22 heavy (non-hydrogen) atoms. The lowest BCUT2D eigenvalue weighted by Gasteiger charge is -2.11. The molecule has 3 rings (SSSR count). The van der Waals surface area contributed by atoms with Crippen LogP contribution in [0.15, 0.2) is 28.8 Å². The number of aromatic nitrogens is 2.